The number of ether oxygens (including phenoxy) is 2. The van der Waals surface area contributed by atoms with Crippen LogP contribution >= 0.6 is 0 Å². The Morgan fingerprint density at radius 2 is 1.91 bits per heavy atom. The molecule has 0 radical (unpaired) electrons. The number of para-hydroxylation sites is 1. The molecule has 0 bridgehead atoms. The maximum atomic E-state index is 12.9. The maximum absolute atomic E-state index is 12.9. The Hall–Kier alpha value is -3.03. The number of aliphatic hydroxyl groups excluding tert-OH is 1. The lowest BCUT2D eigenvalue weighted by Gasteiger charge is -2.25. The third-order valence-electron chi connectivity index (χ3n) is 6.13. The average Bonchev–Trinajstić information content (AvgIpc) is 3.13. The van der Waals surface area contributed by atoms with Crippen LogP contribution in [0.15, 0.2) is 42.5 Å². The highest BCUT2D eigenvalue weighted by atomic mass is 16.5. The van der Waals surface area contributed by atoms with Crippen molar-refractivity contribution in [3.8, 4) is 11.5 Å². The van der Waals surface area contributed by atoms with E-state index >= 15 is 0 Å². The first-order valence-electron chi connectivity index (χ1n) is 11.0. The summed E-state index contributed by atoms with van der Waals surface area (Å²) in [6, 6.07) is 14.0. The Morgan fingerprint density at radius 3 is 2.69 bits per heavy atom. The van der Waals surface area contributed by atoms with Gasteiger partial charge < -0.3 is 29.4 Å². The highest BCUT2D eigenvalue weighted by Gasteiger charge is 2.29. The predicted octanol–water partition coefficient (Wildman–Crippen LogP) is 2.48. The first-order chi connectivity index (χ1) is 15.5. The Morgan fingerprint density at radius 1 is 1.12 bits per heavy atom. The number of aliphatic hydroxyl groups is 1. The second kappa shape index (κ2) is 9.63. The molecule has 2 N–H and O–H groups in total. The normalized spacial score (nSPS) is 14.5. The van der Waals surface area contributed by atoms with Gasteiger partial charge in [0.15, 0.2) is 11.5 Å². The fourth-order valence-electron chi connectivity index (χ4n) is 4.44. The zero-order valence-corrected chi connectivity index (χ0v) is 18.9. The molecule has 7 heteroatoms. The van der Waals surface area contributed by atoms with Gasteiger partial charge in [0.25, 0.3) is 5.91 Å². The fourth-order valence-corrected chi connectivity index (χ4v) is 4.44. The van der Waals surface area contributed by atoms with E-state index < -0.39 is 6.10 Å². The number of fused-ring (bicyclic) bond motifs is 3. The summed E-state index contributed by atoms with van der Waals surface area (Å²) in [4.78, 5) is 14.6. The van der Waals surface area contributed by atoms with Gasteiger partial charge in [-0.15, -0.1) is 0 Å². The molecule has 3 aromatic rings. The van der Waals surface area contributed by atoms with Crippen LogP contribution in [0, 0.1) is 0 Å². The van der Waals surface area contributed by atoms with Gasteiger partial charge in [0.05, 0.1) is 26.9 Å². The van der Waals surface area contributed by atoms with Crippen molar-refractivity contribution in [1.82, 2.24) is 14.8 Å². The summed E-state index contributed by atoms with van der Waals surface area (Å²) in [6.45, 7) is 2.26. The largest absolute Gasteiger partial charge is 0.493 e. The van der Waals surface area contributed by atoms with Crippen molar-refractivity contribution in [3.63, 3.8) is 0 Å². The Balaban J connectivity index is 1.40. The van der Waals surface area contributed by atoms with E-state index in [0.717, 1.165) is 48.0 Å². The van der Waals surface area contributed by atoms with Crippen LogP contribution in [-0.4, -0.2) is 67.5 Å². The fraction of sp³-hybridized carbons (Fsp3) is 0.400. The van der Waals surface area contributed by atoms with E-state index in [4.69, 9.17) is 9.47 Å². The number of amides is 1. The van der Waals surface area contributed by atoms with Crippen molar-refractivity contribution in [1.29, 1.82) is 0 Å². The van der Waals surface area contributed by atoms with Gasteiger partial charge in [-0.2, -0.15) is 0 Å². The Kier molecular flexibility index (Phi) is 6.67. The number of hydrogen-bond donors (Lipinski definition) is 2. The zero-order chi connectivity index (χ0) is 22.7. The summed E-state index contributed by atoms with van der Waals surface area (Å²) in [5.74, 6) is 1.45. The molecule has 4 rings (SSSR count). The molecule has 2 heterocycles. The van der Waals surface area contributed by atoms with Crippen LogP contribution in [0.4, 0.5) is 0 Å². The summed E-state index contributed by atoms with van der Waals surface area (Å²) >= 11 is 0. The number of nitrogens with zero attached hydrogens (tertiary/aromatic N) is 2. The van der Waals surface area contributed by atoms with E-state index in [0.29, 0.717) is 30.3 Å². The highest BCUT2D eigenvalue weighted by molar-refractivity contribution is 6.02. The number of aromatic nitrogens is 1. The summed E-state index contributed by atoms with van der Waals surface area (Å²) < 4.78 is 12.6. The molecule has 0 saturated carbocycles. The minimum atomic E-state index is -0.611. The van der Waals surface area contributed by atoms with E-state index in [-0.39, 0.29) is 5.91 Å². The molecule has 1 aliphatic heterocycles. The number of benzene rings is 2. The molecule has 0 fully saturated rings. The number of methoxy groups -OCH3 is 2. The first kappa shape index (κ1) is 22.2. The third-order valence-corrected chi connectivity index (χ3v) is 6.13. The van der Waals surface area contributed by atoms with Crippen molar-refractivity contribution in [2.24, 2.45) is 0 Å². The SMILES string of the molecule is COc1ccc(CCNC[C@H](O)Cn2c3c(c4ccccc42)CCN(C)C3=O)cc1OC. The molecule has 0 aliphatic carbocycles. The highest BCUT2D eigenvalue weighted by Crippen LogP contribution is 2.31. The van der Waals surface area contributed by atoms with E-state index in [1.807, 2.05) is 48.0 Å². The monoisotopic (exact) mass is 437 g/mol. The molecule has 1 aromatic heterocycles. The molecule has 7 nitrogen and oxygen atoms in total. The minimum absolute atomic E-state index is 0.0241. The lowest BCUT2D eigenvalue weighted by Crippen LogP contribution is -2.37. The standard InChI is InChI=1S/C25H31N3O4/c1-27-13-11-20-19-6-4-5-7-21(19)28(24(20)25(27)30)16-18(29)15-26-12-10-17-8-9-22(31-2)23(14-17)32-3/h4-9,14,18,26,29H,10-13,15-16H2,1-3H3/t18-/m0/s1. The number of hydrogen-bond acceptors (Lipinski definition) is 5. The summed E-state index contributed by atoms with van der Waals surface area (Å²) in [6.07, 6.45) is 1.03. The average molecular weight is 438 g/mol. The van der Waals surface area contributed by atoms with E-state index in [2.05, 4.69) is 11.4 Å². The van der Waals surface area contributed by atoms with Gasteiger partial charge in [0.1, 0.15) is 5.69 Å². The molecular formula is C25H31N3O4. The zero-order valence-electron chi connectivity index (χ0n) is 18.9. The molecule has 2 aromatic carbocycles. The molecule has 1 amide bonds. The number of carbonyl (C=O) groups is 1. The van der Waals surface area contributed by atoms with Gasteiger partial charge in [-0.3, -0.25) is 4.79 Å². The van der Waals surface area contributed by atoms with Gasteiger partial charge in [-0.1, -0.05) is 24.3 Å². The van der Waals surface area contributed by atoms with Crippen LogP contribution in [0.2, 0.25) is 0 Å². The molecule has 170 valence electrons. The van der Waals surface area contributed by atoms with Gasteiger partial charge in [0, 0.05) is 31.0 Å². The number of carbonyl (C=O) groups excluding carboxylic acids is 1. The van der Waals surface area contributed by atoms with Gasteiger partial charge in [-0.25, -0.2) is 0 Å². The van der Waals surface area contributed by atoms with Crippen molar-refractivity contribution in [2.45, 2.75) is 25.5 Å². The number of nitrogens with one attached hydrogen (secondary N) is 1. The molecule has 1 aliphatic rings. The van der Waals surface area contributed by atoms with Gasteiger partial charge in [0.2, 0.25) is 0 Å². The molecular weight excluding hydrogens is 406 g/mol. The molecule has 1 atom stereocenters. The second-order valence-corrected chi connectivity index (χ2v) is 8.23. The van der Waals surface area contributed by atoms with Crippen LogP contribution in [0.5, 0.6) is 11.5 Å². The van der Waals surface area contributed by atoms with Crippen molar-refractivity contribution >= 4 is 16.8 Å². The van der Waals surface area contributed by atoms with Crippen LogP contribution in [0.3, 0.4) is 0 Å². The van der Waals surface area contributed by atoms with Crippen molar-refractivity contribution < 1.29 is 19.4 Å². The molecule has 0 saturated heterocycles. The predicted molar refractivity (Wildman–Crippen MR) is 125 cm³/mol. The van der Waals surface area contributed by atoms with Crippen LogP contribution in [-0.2, 0) is 19.4 Å². The third kappa shape index (κ3) is 4.31. The van der Waals surface area contributed by atoms with Crippen molar-refractivity contribution in [2.75, 3.05) is 40.9 Å². The first-order valence-corrected chi connectivity index (χ1v) is 11.0. The summed E-state index contributed by atoms with van der Waals surface area (Å²) in [5, 5.41) is 15.2. The van der Waals surface area contributed by atoms with Crippen LogP contribution in [0.25, 0.3) is 10.9 Å². The van der Waals surface area contributed by atoms with Crippen LogP contribution in [0.1, 0.15) is 21.6 Å². The smallest absolute Gasteiger partial charge is 0.270 e. The van der Waals surface area contributed by atoms with E-state index in [1.165, 1.54) is 0 Å². The van der Waals surface area contributed by atoms with Crippen molar-refractivity contribution in [3.05, 3.63) is 59.3 Å². The maximum Gasteiger partial charge on any atom is 0.270 e. The minimum Gasteiger partial charge on any atom is -0.493 e. The van der Waals surface area contributed by atoms with Gasteiger partial charge >= 0.3 is 0 Å². The molecule has 0 spiro atoms. The van der Waals surface area contributed by atoms with Crippen LogP contribution < -0.4 is 14.8 Å². The van der Waals surface area contributed by atoms with E-state index in [1.54, 1.807) is 19.1 Å². The topological polar surface area (TPSA) is 76.0 Å². The van der Waals surface area contributed by atoms with Gasteiger partial charge in [-0.05, 0) is 48.7 Å². The quantitative estimate of drug-likeness (QED) is 0.503. The molecule has 0 unspecified atom stereocenters. The second-order valence-electron chi connectivity index (χ2n) is 8.23. The Bertz CT molecular complexity index is 1110. The molecule has 32 heavy (non-hydrogen) atoms. The lowest BCUT2D eigenvalue weighted by molar-refractivity contribution is 0.0764. The number of rotatable bonds is 9. The lowest BCUT2D eigenvalue weighted by atomic mass is 10.0. The Labute approximate surface area is 188 Å². The van der Waals surface area contributed by atoms with E-state index in [9.17, 15) is 9.90 Å². The number of likely N-dealkylation sites (N-methyl/N-ethyl adjacent to an activating group) is 1. The summed E-state index contributed by atoms with van der Waals surface area (Å²) in [7, 11) is 5.08. The summed E-state index contributed by atoms with van der Waals surface area (Å²) in [5.41, 5.74) is 3.94.